The van der Waals surface area contributed by atoms with E-state index in [9.17, 15) is 49.6 Å². The van der Waals surface area contributed by atoms with Gasteiger partial charge in [-0.15, -0.1) is 5.11 Å². The molecular weight excluding hydrogens is 671 g/mol. The van der Waals surface area contributed by atoms with Gasteiger partial charge >= 0.3 is 99.1 Å². The Bertz CT molecular complexity index is 1890. The molecule has 0 fully saturated rings. The minimum absolute atomic E-state index is 0. The first-order chi connectivity index (χ1) is 18.5. The molecule has 0 radical (unpaired) electrons. The summed E-state index contributed by atoms with van der Waals surface area (Å²) in [4.78, 5) is 23.7. The molecule has 0 aliphatic heterocycles. The van der Waals surface area contributed by atoms with Crippen molar-refractivity contribution in [2.45, 2.75) is 4.90 Å². The summed E-state index contributed by atoms with van der Waals surface area (Å²) < 4.78 is 93.7. The number of carboxylic acid groups (broad SMARTS) is 1. The Balaban J connectivity index is 0.00000588. The van der Waals surface area contributed by atoms with E-state index in [-0.39, 0.29) is 106 Å². The molecule has 2 aromatic carbocycles. The fourth-order valence-electron chi connectivity index (χ4n) is 2.85. The van der Waals surface area contributed by atoms with Crippen LogP contribution in [0.25, 0.3) is 5.69 Å². The number of azo groups is 1. The molecule has 0 bridgehead atoms. The Kier molecular flexibility index (Phi) is 16.4. The smallest absolute Gasteiger partial charge is 0.858 e. The Morgan fingerprint density at radius 3 is 1.95 bits per heavy atom. The van der Waals surface area contributed by atoms with Crippen molar-refractivity contribution in [2.24, 2.45) is 14.6 Å². The maximum atomic E-state index is 12.7. The number of nitrogens with one attached hydrogen (secondary N) is 1. The summed E-state index contributed by atoms with van der Waals surface area (Å²) >= 11 is 0. The Labute approximate surface area is 309 Å². The molecule has 2 N–H and O–H groups in total. The van der Waals surface area contributed by atoms with Crippen molar-refractivity contribution in [3.63, 3.8) is 0 Å². The van der Waals surface area contributed by atoms with Crippen LogP contribution in [0.2, 0.25) is 0 Å². The van der Waals surface area contributed by atoms with Crippen LogP contribution in [0.15, 0.2) is 72.8 Å². The van der Waals surface area contributed by atoms with Crippen molar-refractivity contribution in [3.05, 3.63) is 70.1 Å². The second kappa shape index (κ2) is 16.9. The molecule has 0 amide bonds. The molecule has 43 heavy (non-hydrogen) atoms. The molecule has 0 saturated heterocycles. The third-order valence-corrected chi connectivity index (χ3v) is 7.07. The van der Waals surface area contributed by atoms with Crippen LogP contribution >= 0.6 is 0 Å². The summed E-state index contributed by atoms with van der Waals surface area (Å²) in [7, 11) is -14.1. The van der Waals surface area contributed by atoms with Crippen molar-refractivity contribution in [1.82, 2.24) is 9.78 Å². The number of carbonyl (C=O) groups is 1. The van der Waals surface area contributed by atoms with Crippen LogP contribution in [-0.4, -0.2) is 68.4 Å². The van der Waals surface area contributed by atoms with E-state index in [1.165, 1.54) is 0 Å². The third kappa shape index (κ3) is 12.2. The minimum atomic E-state index is -4.89. The monoisotopic (exact) mass is 685 g/mol. The second-order valence-corrected chi connectivity index (χ2v) is 11.6. The number of nitrogens with zero attached hydrogens (tertiary/aromatic N) is 4. The molecule has 0 unspecified atom stereocenters. The Morgan fingerprint density at radius 2 is 1.47 bits per heavy atom. The largest absolute Gasteiger partial charge is 1.00 e. The van der Waals surface area contributed by atoms with E-state index in [1.54, 1.807) is 0 Å². The van der Waals surface area contributed by atoms with Gasteiger partial charge in [0.05, 0.1) is 34.6 Å². The number of carboxylic acids is 1. The van der Waals surface area contributed by atoms with Crippen molar-refractivity contribution in [1.29, 1.82) is 0 Å². The van der Waals surface area contributed by atoms with E-state index in [0.717, 1.165) is 48.5 Å². The number of aromatic amines is 1. The van der Waals surface area contributed by atoms with Crippen molar-refractivity contribution >= 4 is 53.8 Å². The summed E-state index contributed by atoms with van der Waals surface area (Å²) in [5.41, 5.74) is -2.86. The van der Waals surface area contributed by atoms with E-state index >= 15 is 0 Å². The SMILES string of the molecule is O=C([O-])c1[nH]n(-c2ccc(S(=O)(=O)[O-])cc2)c(=O)c1N=Nc1ccc(C([O-])=NS(=O)(=O)CCOS(=O)(=O)O)cc1.[Na+].[Na+].[Na+]. The molecule has 0 spiro atoms. The molecule has 1 aromatic heterocycles. The van der Waals surface area contributed by atoms with Gasteiger partial charge in [0.25, 0.3) is 15.6 Å². The maximum absolute atomic E-state index is 12.7. The van der Waals surface area contributed by atoms with Gasteiger partial charge in [0, 0.05) is 5.90 Å². The van der Waals surface area contributed by atoms with Crippen molar-refractivity contribution in [3.8, 4) is 5.69 Å². The van der Waals surface area contributed by atoms with E-state index < -0.39 is 76.6 Å². The third-order valence-electron chi connectivity index (χ3n) is 4.63. The molecular formula is C19H14N5Na3O13S3. The minimum Gasteiger partial charge on any atom is -0.858 e. The molecule has 214 valence electrons. The first kappa shape index (κ1) is 41.7. The van der Waals surface area contributed by atoms with Gasteiger partial charge in [-0.2, -0.15) is 17.9 Å². The first-order valence-corrected chi connectivity index (χ1v) is 14.6. The van der Waals surface area contributed by atoms with Crippen molar-refractivity contribution in [2.75, 3.05) is 12.4 Å². The topological polar surface area (TPSA) is 293 Å². The zero-order valence-electron chi connectivity index (χ0n) is 22.4. The zero-order valence-corrected chi connectivity index (χ0v) is 30.8. The predicted octanol–water partition coefficient (Wildman–Crippen LogP) is -10.9. The van der Waals surface area contributed by atoms with Crippen LogP contribution < -0.4 is 104 Å². The van der Waals surface area contributed by atoms with E-state index in [4.69, 9.17) is 4.55 Å². The molecule has 0 atom stereocenters. The van der Waals surface area contributed by atoms with E-state index in [1.807, 2.05) is 0 Å². The van der Waals surface area contributed by atoms with E-state index in [2.05, 4.69) is 23.9 Å². The van der Waals surface area contributed by atoms with Crippen LogP contribution in [0.3, 0.4) is 0 Å². The maximum Gasteiger partial charge on any atom is 1.00 e. The molecule has 0 aliphatic rings. The van der Waals surface area contributed by atoms with Crippen LogP contribution in [0.4, 0.5) is 11.4 Å². The molecule has 1 heterocycles. The number of aromatic carboxylic acids is 1. The summed E-state index contributed by atoms with van der Waals surface area (Å²) in [5, 5.41) is 33.1. The van der Waals surface area contributed by atoms with E-state index in [0.29, 0.717) is 4.68 Å². The average Bonchev–Trinajstić information content (AvgIpc) is 3.17. The Morgan fingerprint density at radius 1 is 0.907 bits per heavy atom. The van der Waals surface area contributed by atoms with Crippen LogP contribution in [0.1, 0.15) is 16.1 Å². The molecule has 3 aromatic rings. The number of benzene rings is 2. The summed E-state index contributed by atoms with van der Waals surface area (Å²) in [6.45, 7) is -0.987. The average molecular weight is 686 g/mol. The molecule has 18 nitrogen and oxygen atoms in total. The molecule has 24 heteroatoms. The van der Waals surface area contributed by atoms with Crippen LogP contribution in [-0.2, 0) is 34.7 Å². The van der Waals surface area contributed by atoms with Gasteiger partial charge in [0.2, 0.25) is 0 Å². The quantitative estimate of drug-likeness (QED) is 0.0624. The number of hydrogen-bond acceptors (Lipinski definition) is 14. The zero-order chi connectivity index (χ0) is 29.9. The van der Waals surface area contributed by atoms with Gasteiger partial charge in [-0.25, -0.2) is 25.7 Å². The number of rotatable bonds is 11. The normalized spacial score (nSPS) is 12.2. The second-order valence-electron chi connectivity index (χ2n) is 7.39. The van der Waals surface area contributed by atoms with Crippen molar-refractivity contribution < 1.29 is 142 Å². The van der Waals surface area contributed by atoms with Gasteiger partial charge in [-0.1, -0.05) is 12.1 Å². The number of carbonyl (C=O) groups excluding carboxylic acids is 1. The predicted molar refractivity (Wildman–Crippen MR) is 127 cm³/mol. The number of sulfonamides is 1. The summed E-state index contributed by atoms with van der Waals surface area (Å²) in [6, 6.07) is 8.36. The fourth-order valence-corrected chi connectivity index (χ4v) is 4.47. The van der Waals surface area contributed by atoms with Crippen LogP contribution in [0.5, 0.6) is 0 Å². The number of aromatic nitrogens is 2. The van der Waals surface area contributed by atoms with Gasteiger partial charge in [0.1, 0.15) is 15.8 Å². The van der Waals surface area contributed by atoms with Gasteiger partial charge in [-0.3, -0.25) is 14.4 Å². The molecule has 0 saturated carbocycles. The molecule has 3 rings (SSSR count). The van der Waals surface area contributed by atoms with Crippen LogP contribution in [0, 0.1) is 0 Å². The Hall–Kier alpha value is -1.28. The van der Waals surface area contributed by atoms with Gasteiger partial charge in [0.15, 0.2) is 5.69 Å². The standard InChI is InChI=1S/C19H17N5O13S3.3Na/c25-17(23-38(29,30)10-9-37-40(34,35)36)11-1-3-12(4-2-11)20-21-15-16(19(27)28)22-24(18(15)26)13-5-7-14(8-6-13)39(31,32)33;;;/h1-8,22H,9-10H2,(H,23,25)(H,27,28)(H,31,32,33)(H,34,35,36);;;/q;3*+1/p-3. The summed E-state index contributed by atoms with van der Waals surface area (Å²) in [5.74, 6) is -4.10. The summed E-state index contributed by atoms with van der Waals surface area (Å²) in [6.07, 6.45) is 0. The van der Waals surface area contributed by atoms with Gasteiger partial charge in [-0.05, 0) is 42.0 Å². The molecule has 0 aliphatic carbocycles. The number of H-pyrrole nitrogens is 1. The fraction of sp³-hybridized carbons (Fsp3) is 0.105. The number of hydrogen-bond donors (Lipinski definition) is 2. The van der Waals surface area contributed by atoms with Gasteiger partial charge < -0.3 is 19.6 Å². The first-order valence-electron chi connectivity index (χ1n) is 10.2.